The normalized spacial score (nSPS) is 11.8. The molecule has 0 saturated heterocycles. The van der Waals surface area contributed by atoms with Crippen LogP contribution in [0.15, 0.2) is 48.5 Å². The lowest BCUT2D eigenvalue weighted by Gasteiger charge is -2.14. The number of benzene rings is 2. The summed E-state index contributed by atoms with van der Waals surface area (Å²) >= 11 is 0. The van der Waals surface area contributed by atoms with Crippen LogP contribution in [-0.4, -0.2) is 31.3 Å². The molecule has 0 aliphatic rings. The maximum absolute atomic E-state index is 10.8. The second kappa shape index (κ2) is 6.31. The molecule has 2 aromatic carbocycles. The highest BCUT2D eigenvalue weighted by Gasteiger charge is 2.12. The molecule has 0 bridgehead atoms. The zero-order valence-electron chi connectivity index (χ0n) is 12.4. The van der Waals surface area contributed by atoms with Crippen LogP contribution in [0, 0.1) is 0 Å². The van der Waals surface area contributed by atoms with E-state index in [0.29, 0.717) is 5.75 Å². The van der Waals surface area contributed by atoms with E-state index in [4.69, 9.17) is 9.84 Å². The quantitative estimate of drug-likeness (QED) is 0.916. The Balaban J connectivity index is 2.28. The summed E-state index contributed by atoms with van der Waals surface area (Å²) in [7, 11) is 3.99. The fraction of sp³-hybridized carbons (Fsp3) is 0.235. The van der Waals surface area contributed by atoms with E-state index in [1.165, 1.54) is 6.92 Å². The van der Waals surface area contributed by atoms with Gasteiger partial charge in [-0.3, -0.25) is 0 Å². The molecule has 0 spiro atoms. The van der Waals surface area contributed by atoms with Crippen molar-refractivity contribution in [1.29, 1.82) is 0 Å². The summed E-state index contributed by atoms with van der Waals surface area (Å²) in [5.74, 6) is -0.423. The van der Waals surface area contributed by atoms with E-state index < -0.39 is 12.1 Å². The standard InChI is InChI=1S/C17H19NO3/c1-12(17(19)20)21-16-9-5-7-14(11-16)13-6-4-8-15(10-13)18(2)3/h4-12H,1-3H3,(H,19,20). The Hall–Kier alpha value is -2.49. The van der Waals surface area contributed by atoms with Gasteiger partial charge in [-0.05, 0) is 42.3 Å². The molecule has 0 radical (unpaired) electrons. The topological polar surface area (TPSA) is 49.8 Å². The van der Waals surface area contributed by atoms with E-state index in [9.17, 15) is 4.79 Å². The van der Waals surface area contributed by atoms with Crippen molar-refractivity contribution in [3.8, 4) is 16.9 Å². The third-order valence-electron chi connectivity index (χ3n) is 3.19. The van der Waals surface area contributed by atoms with E-state index in [1.54, 1.807) is 6.07 Å². The zero-order valence-corrected chi connectivity index (χ0v) is 12.4. The molecule has 4 heteroatoms. The molecule has 1 N–H and O–H groups in total. The van der Waals surface area contributed by atoms with Crippen LogP contribution < -0.4 is 9.64 Å². The fourth-order valence-corrected chi connectivity index (χ4v) is 1.97. The summed E-state index contributed by atoms with van der Waals surface area (Å²) in [6.45, 7) is 1.52. The monoisotopic (exact) mass is 285 g/mol. The number of hydrogen-bond donors (Lipinski definition) is 1. The van der Waals surface area contributed by atoms with Crippen LogP contribution in [0.1, 0.15) is 6.92 Å². The fourth-order valence-electron chi connectivity index (χ4n) is 1.97. The molecular formula is C17H19NO3. The number of ether oxygens (including phenoxy) is 1. The third-order valence-corrected chi connectivity index (χ3v) is 3.19. The van der Waals surface area contributed by atoms with Gasteiger partial charge in [0.25, 0.3) is 0 Å². The Morgan fingerprint density at radius 1 is 1.10 bits per heavy atom. The molecule has 0 aromatic heterocycles. The van der Waals surface area contributed by atoms with Crippen molar-refractivity contribution in [3.63, 3.8) is 0 Å². The van der Waals surface area contributed by atoms with Crippen molar-refractivity contribution in [2.24, 2.45) is 0 Å². The van der Waals surface area contributed by atoms with Gasteiger partial charge < -0.3 is 14.7 Å². The maximum Gasteiger partial charge on any atom is 0.344 e. The number of carboxylic acids is 1. The third kappa shape index (κ3) is 3.75. The van der Waals surface area contributed by atoms with Gasteiger partial charge in [0.2, 0.25) is 0 Å². The second-order valence-corrected chi connectivity index (χ2v) is 5.07. The Morgan fingerprint density at radius 2 is 1.71 bits per heavy atom. The van der Waals surface area contributed by atoms with Gasteiger partial charge >= 0.3 is 5.97 Å². The van der Waals surface area contributed by atoms with Crippen molar-refractivity contribution in [2.45, 2.75) is 13.0 Å². The highest BCUT2D eigenvalue weighted by molar-refractivity contribution is 5.73. The van der Waals surface area contributed by atoms with Crippen molar-refractivity contribution in [2.75, 3.05) is 19.0 Å². The summed E-state index contributed by atoms with van der Waals surface area (Å²) in [5, 5.41) is 8.90. The van der Waals surface area contributed by atoms with Gasteiger partial charge in [-0.25, -0.2) is 4.79 Å². The van der Waals surface area contributed by atoms with E-state index in [-0.39, 0.29) is 0 Å². The van der Waals surface area contributed by atoms with Crippen LogP contribution in [0.25, 0.3) is 11.1 Å². The number of hydrogen-bond acceptors (Lipinski definition) is 3. The summed E-state index contributed by atoms with van der Waals surface area (Å²) < 4.78 is 5.41. The first kappa shape index (κ1) is 14.9. The van der Waals surface area contributed by atoms with Crippen molar-refractivity contribution in [1.82, 2.24) is 0 Å². The smallest absolute Gasteiger partial charge is 0.344 e. The van der Waals surface area contributed by atoms with Crippen molar-refractivity contribution < 1.29 is 14.6 Å². The summed E-state index contributed by atoms with van der Waals surface area (Å²) in [4.78, 5) is 12.9. The van der Waals surface area contributed by atoms with Gasteiger partial charge in [-0.2, -0.15) is 0 Å². The average Bonchev–Trinajstić information content (AvgIpc) is 2.47. The number of carbonyl (C=O) groups is 1. The highest BCUT2D eigenvalue weighted by Crippen LogP contribution is 2.27. The van der Waals surface area contributed by atoms with Gasteiger partial charge in [-0.1, -0.05) is 24.3 Å². The minimum atomic E-state index is -0.977. The predicted molar refractivity (Wildman–Crippen MR) is 83.9 cm³/mol. The van der Waals surface area contributed by atoms with E-state index >= 15 is 0 Å². The minimum Gasteiger partial charge on any atom is -0.479 e. The molecule has 1 atom stereocenters. The van der Waals surface area contributed by atoms with E-state index in [0.717, 1.165) is 16.8 Å². The predicted octanol–water partition coefficient (Wildman–Crippen LogP) is 3.27. The minimum absolute atomic E-state index is 0.553. The molecule has 0 aliphatic heterocycles. The Labute approximate surface area is 124 Å². The average molecular weight is 285 g/mol. The van der Waals surface area contributed by atoms with Crippen LogP contribution in [0.5, 0.6) is 5.75 Å². The largest absolute Gasteiger partial charge is 0.479 e. The molecule has 0 fully saturated rings. The first-order chi connectivity index (χ1) is 9.97. The molecule has 2 aromatic rings. The van der Waals surface area contributed by atoms with E-state index in [2.05, 4.69) is 6.07 Å². The van der Waals surface area contributed by atoms with Crippen molar-refractivity contribution >= 4 is 11.7 Å². The number of rotatable bonds is 5. The molecule has 110 valence electrons. The lowest BCUT2D eigenvalue weighted by atomic mass is 10.0. The van der Waals surface area contributed by atoms with Gasteiger partial charge in [0.05, 0.1) is 0 Å². The maximum atomic E-state index is 10.8. The molecule has 0 saturated carbocycles. The summed E-state index contributed by atoms with van der Waals surface area (Å²) in [6, 6.07) is 15.6. The molecule has 21 heavy (non-hydrogen) atoms. The van der Waals surface area contributed by atoms with Gasteiger partial charge in [0, 0.05) is 19.8 Å². The second-order valence-electron chi connectivity index (χ2n) is 5.07. The van der Waals surface area contributed by atoms with Crippen molar-refractivity contribution in [3.05, 3.63) is 48.5 Å². The summed E-state index contributed by atoms with van der Waals surface area (Å²) in [5.41, 5.74) is 3.17. The van der Waals surface area contributed by atoms with Gasteiger partial charge in [-0.15, -0.1) is 0 Å². The number of aliphatic carboxylic acids is 1. The number of anilines is 1. The van der Waals surface area contributed by atoms with Crippen LogP contribution in [0.4, 0.5) is 5.69 Å². The zero-order chi connectivity index (χ0) is 15.4. The van der Waals surface area contributed by atoms with Crippen LogP contribution in [0.3, 0.4) is 0 Å². The first-order valence-corrected chi connectivity index (χ1v) is 6.74. The SMILES string of the molecule is CC(Oc1cccc(-c2cccc(N(C)C)c2)c1)C(=O)O. The Kier molecular flexibility index (Phi) is 4.48. The van der Waals surface area contributed by atoms with Crippen LogP contribution in [0.2, 0.25) is 0 Å². The summed E-state index contributed by atoms with van der Waals surface area (Å²) in [6.07, 6.45) is -0.867. The molecule has 0 amide bonds. The number of nitrogens with zero attached hydrogens (tertiary/aromatic N) is 1. The lowest BCUT2D eigenvalue weighted by molar-refractivity contribution is -0.144. The molecule has 1 unspecified atom stereocenters. The van der Waals surface area contributed by atoms with Gasteiger partial charge in [0.1, 0.15) is 5.75 Å². The molecule has 4 nitrogen and oxygen atoms in total. The molecule has 0 heterocycles. The Morgan fingerprint density at radius 3 is 2.33 bits per heavy atom. The van der Waals surface area contributed by atoms with Gasteiger partial charge in [0.15, 0.2) is 6.10 Å². The molecule has 0 aliphatic carbocycles. The lowest BCUT2D eigenvalue weighted by Crippen LogP contribution is -2.22. The first-order valence-electron chi connectivity index (χ1n) is 6.74. The number of carboxylic acid groups (broad SMARTS) is 1. The molecule has 2 rings (SSSR count). The Bertz CT molecular complexity index is 637. The molecular weight excluding hydrogens is 266 g/mol. The highest BCUT2D eigenvalue weighted by atomic mass is 16.5. The van der Waals surface area contributed by atoms with Crippen LogP contribution in [-0.2, 0) is 4.79 Å². The van der Waals surface area contributed by atoms with Crippen LogP contribution >= 0.6 is 0 Å². The van der Waals surface area contributed by atoms with E-state index in [1.807, 2.05) is 55.4 Å².